The van der Waals surface area contributed by atoms with Crippen LogP contribution in [0.3, 0.4) is 0 Å². The van der Waals surface area contributed by atoms with Crippen molar-refractivity contribution >= 4 is 10.0 Å². The number of sulfonamides is 1. The Balaban J connectivity index is 2.45. The van der Waals surface area contributed by atoms with Crippen LogP contribution in [0, 0.1) is 5.82 Å². The van der Waals surface area contributed by atoms with E-state index in [9.17, 15) is 12.8 Å². The predicted molar refractivity (Wildman–Crippen MR) is 65.7 cm³/mol. The minimum Gasteiger partial charge on any atom is -0.309 e. The molecule has 0 spiro atoms. The van der Waals surface area contributed by atoms with Crippen LogP contribution in [-0.4, -0.2) is 27.8 Å². The van der Waals surface area contributed by atoms with Crippen LogP contribution in [0.5, 0.6) is 0 Å². The maximum absolute atomic E-state index is 12.7. The largest absolute Gasteiger partial charge is 0.309 e. The van der Waals surface area contributed by atoms with E-state index in [1.54, 1.807) is 12.1 Å². The quantitative estimate of drug-likeness (QED) is 0.803. The van der Waals surface area contributed by atoms with Crippen molar-refractivity contribution < 1.29 is 12.8 Å². The molecule has 1 aromatic carbocycles. The molecule has 6 heteroatoms. The van der Waals surface area contributed by atoms with Gasteiger partial charge in [-0.3, -0.25) is 0 Å². The van der Waals surface area contributed by atoms with Gasteiger partial charge in [0.2, 0.25) is 10.0 Å². The lowest BCUT2D eigenvalue weighted by Gasteiger charge is -2.14. The van der Waals surface area contributed by atoms with E-state index in [1.807, 2.05) is 6.92 Å². The Kier molecular flexibility index (Phi) is 5.04. The Morgan fingerprint density at radius 2 is 1.88 bits per heavy atom. The van der Waals surface area contributed by atoms with Crippen molar-refractivity contribution in [1.29, 1.82) is 0 Å². The van der Waals surface area contributed by atoms with Gasteiger partial charge in [-0.05, 0) is 31.7 Å². The molecule has 0 fully saturated rings. The van der Waals surface area contributed by atoms with E-state index in [4.69, 9.17) is 0 Å². The Morgan fingerprint density at radius 3 is 2.41 bits per heavy atom. The van der Waals surface area contributed by atoms with Gasteiger partial charge in [0.25, 0.3) is 0 Å². The number of hydrogen-bond donors (Lipinski definition) is 2. The van der Waals surface area contributed by atoms with E-state index < -0.39 is 10.0 Å². The van der Waals surface area contributed by atoms with Crippen LogP contribution in [0.15, 0.2) is 24.3 Å². The number of halogens is 1. The maximum Gasteiger partial charge on any atom is 0.212 e. The summed E-state index contributed by atoms with van der Waals surface area (Å²) in [7, 11) is -1.79. The SMILES string of the molecule is CNS(=O)(=O)CCNC(C)c1ccc(F)cc1. The molecule has 96 valence electrons. The Bertz CT molecular complexity index is 445. The van der Waals surface area contributed by atoms with E-state index in [-0.39, 0.29) is 17.6 Å². The number of hydrogen-bond acceptors (Lipinski definition) is 3. The van der Waals surface area contributed by atoms with Gasteiger partial charge in [-0.1, -0.05) is 12.1 Å². The molecular weight excluding hydrogens is 243 g/mol. The van der Waals surface area contributed by atoms with E-state index in [2.05, 4.69) is 10.0 Å². The molecule has 0 aliphatic carbocycles. The van der Waals surface area contributed by atoms with Crippen LogP contribution >= 0.6 is 0 Å². The van der Waals surface area contributed by atoms with E-state index >= 15 is 0 Å². The fourth-order valence-electron chi connectivity index (χ4n) is 1.38. The standard InChI is InChI=1S/C11H17FN2O2S/c1-9(10-3-5-11(12)6-4-10)14-7-8-17(15,16)13-2/h3-6,9,13-14H,7-8H2,1-2H3. The molecule has 1 rings (SSSR count). The minimum atomic E-state index is -3.18. The molecule has 0 aromatic heterocycles. The molecule has 1 atom stereocenters. The highest BCUT2D eigenvalue weighted by atomic mass is 32.2. The summed E-state index contributed by atoms with van der Waals surface area (Å²) in [4.78, 5) is 0. The zero-order valence-corrected chi connectivity index (χ0v) is 10.7. The summed E-state index contributed by atoms with van der Waals surface area (Å²) < 4.78 is 37.3. The van der Waals surface area contributed by atoms with Gasteiger partial charge in [-0.25, -0.2) is 17.5 Å². The maximum atomic E-state index is 12.7. The average Bonchev–Trinajstić information content (AvgIpc) is 2.29. The second-order valence-corrected chi connectivity index (χ2v) is 5.80. The van der Waals surface area contributed by atoms with Crippen molar-refractivity contribution in [2.75, 3.05) is 19.3 Å². The number of benzene rings is 1. The van der Waals surface area contributed by atoms with Gasteiger partial charge in [0, 0.05) is 12.6 Å². The molecule has 1 aromatic rings. The lowest BCUT2D eigenvalue weighted by atomic mass is 10.1. The Hall–Kier alpha value is -0.980. The zero-order chi connectivity index (χ0) is 12.9. The van der Waals surface area contributed by atoms with Crippen LogP contribution in [0.2, 0.25) is 0 Å². The molecule has 1 unspecified atom stereocenters. The molecule has 0 saturated carbocycles. The molecule has 0 amide bonds. The highest BCUT2D eigenvalue weighted by molar-refractivity contribution is 7.89. The molecule has 4 nitrogen and oxygen atoms in total. The second kappa shape index (κ2) is 6.09. The summed E-state index contributed by atoms with van der Waals surface area (Å²) in [6.07, 6.45) is 0. The molecule has 17 heavy (non-hydrogen) atoms. The lowest BCUT2D eigenvalue weighted by Crippen LogP contribution is -2.30. The first kappa shape index (κ1) is 14.1. The second-order valence-electron chi connectivity index (χ2n) is 3.75. The van der Waals surface area contributed by atoms with Crippen molar-refractivity contribution in [3.05, 3.63) is 35.6 Å². The van der Waals surface area contributed by atoms with Crippen molar-refractivity contribution in [2.24, 2.45) is 0 Å². The van der Waals surface area contributed by atoms with Gasteiger partial charge in [0.15, 0.2) is 0 Å². The van der Waals surface area contributed by atoms with Crippen LogP contribution in [0.4, 0.5) is 4.39 Å². The van der Waals surface area contributed by atoms with Crippen molar-refractivity contribution in [3.8, 4) is 0 Å². The van der Waals surface area contributed by atoms with E-state index in [1.165, 1.54) is 19.2 Å². The topological polar surface area (TPSA) is 58.2 Å². The Labute approximate surface area is 101 Å². The van der Waals surface area contributed by atoms with Gasteiger partial charge in [-0.2, -0.15) is 0 Å². The first-order chi connectivity index (χ1) is 7.94. The minimum absolute atomic E-state index is 0.0114. The first-order valence-electron chi connectivity index (χ1n) is 5.34. The molecule has 0 heterocycles. The fourth-order valence-corrected chi connectivity index (χ4v) is 1.97. The summed E-state index contributed by atoms with van der Waals surface area (Å²) in [5.74, 6) is -0.256. The third-order valence-corrected chi connectivity index (χ3v) is 3.87. The summed E-state index contributed by atoms with van der Waals surface area (Å²) >= 11 is 0. The van der Waals surface area contributed by atoms with Gasteiger partial charge >= 0.3 is 0 Å². The Morgan fingerprint density at radius 1 is 1.29 bits per heavy atom. The predicted octanol–water partition coefficient (Wildman–Crippen LogP) is 1.03. The van der Waals surface area contributed by atoms with Crippen molar-refractivity contribution in [1.82, 2.24) is 10.0 Å². The van der Waals surface area contributed by atoms with Gasteiger partial charge in [0.1, 0.15) is 5.82 Å². The lowest BCUT2D eigenvalue weighted by molar-refractivity contribution is 0.566. The van der Waals surface area contributed by atoms with Gasteiger partial charge < -0.3 is 5.32 Å². The van der Waals surface area contributed by atoms with Crippen molar-refractivity contribution in [2.45, 2.75) is 13.0 Å². The summed E-state index contributed by atoms with van der Waals surface area (Å²) in [5.41, 5.74) is 0.924. The van der Waals surface area contributed by atoms with Crippen LogP contribution < -0.4 is 10.0 Å². The van der Waals surface area contributed by atoms with Crippen molar-refractivity contribution in [3.63, 3.8) is 0 Å². The summed E-state index contributed by atoms with van der Waals surface area (Å²) in [6, 6.07) is 6.12. The highest BCUT2D eigenvalue weighted by Crippen LogP contribution is 2.12. The summed E-state index contributed by atoms with van der Waals surface area (Å²) in [6.45, 7) is 2.25. The normalized spacial score (nSPS) is 13.6. The average molecular weight is 260 g/mol. The molecule has 2 N–H and O–H groups in total. The smallest absolute Gasteiger partial charge is 0.212 e. The summed E-state index contributed by atoms with van der Waals surface area (Å²) in [5, 5.41) is 3.07. The number of nitrogens with one attached hydrogen (secondary N) is 2. The van der Waals surface area contributed by atoms with Gasteiger partial charge in [-0.15, -0.1) is 0 Å². The van der Waals surface area contributed by atoms with E-state index in [0.29, 0.717) is 6.54 Å². The monoisotopic (exact) mass is 260 g/mol. The molecule has 0 bridgehead atoms. The third-order valence-electron chi connectivity index (χ3n) is 2.50. The zero-order valence-electron chi connectivity index (χ0n) is 9.90. The molecule has 0 aliphatic heterocycles. The fraction of sp³-hybridized carbons (Fsp3) is 0.455. The third kappa shape index (κ3) is 4.80. The first-order valence-corrected chi connectivity index (χ1v) is 7.00. The highest BCUT2D eigenvalue weighted by Gasteiger charge is 2.09. The molecule has 0 saturated heterocycles. The molecule has 0 radical (unpaired) electrons. The van der Waals surface area contributed by atoms with Crippen LogP contribution in [-0.2, 0) is 10.0 Å². The van der Waals surface area contributed by atoms with Crippen LogP contribution in [0.25, 0.3) is 0 Å². The number of rotatable bonds is 6. The molecular formula is C11H17FN2O2S. The van der Waals surface area contributed by atoms with Crippen LogP contribution in [0.1, 0.15) is 18.5 Å². The van der Waals surface area contributed by atoms with Gasteiger partial charge in [0.05, 0.1) is 5.75 Å². The molecule has 0 aliphatic rings. The van der Waals surface area contributed by atoms with E-state index in [0.717, 1.165) is 5.56 Å².